The molecule has 3 rings (SSSR count). The number of anilines is 2. The van der Waals surface area contributed by atoms with Crippen LogP contribution in [-0.2, 0) is 0 Å². The van der Waals surface area contributed by atoms with E-state index in [9.17, 15) is 9.59 Å². The molecule has 2 N–H and O–H groups in total. The summed E-state index contributed by atoms with van der Waals surface area (Å²) in [5.74, 6) is -0.357. The Balaban J connectivity index is 1.76. The third-order valence-corrected chi connectivity index (χ3v) is 5.60. The number of hydrogen-bond acceptors (Lipinski definition) is 4. The predicted molar refractivity (Wildman–Crippen MR) is 133 cm³/mol. The van der Waals surface area contributed by atoms with E-state index in [1.807, 2.05) is 73.6 Å². The second-order valence-corrected chi connectivity index (χ2v) is 7.93. The minimum Gasteiger partial charge on any atom is -0.377 e. The van der Waals surface area contributed by atoms with Crippen LogP contribution in [0.1, 0.15) is 34.6 Å². The smallest absolute Gasteiger partial charge is 0.255 e. The zero-order valence-electron chi connectivity index (χ0n) is 19.3. The molecular formula is C26H32N4O2. The van der Waals surface area contributed by atoms with Gasteiger partial charge >= 0.3 is 0 Å². The van der Waals surface area contributed by atoms with E-state index < -0.39 is 0 Å². The standard InChI is InChI=1S/C26H32N4O2/c1-5-30(6-2)16-15-27-26(32)23-18-22(13-14-24(23)29(3)4)28-25(31)21-12-11-19-9-7-8-10-20(19)17-21/h7-14,17-18H,5-6,15-16H2,1-4H3,(H,27,32)(H,28,31). The van der Waals surface area contributed by atoms with Gasteiger partial charge in [0, 0.05) is 44.1 Å². The number of carbonyl (C=O) groups is 2. The van der Waals surface area contributed by atoms with Crippen molar-refractivity contribution in [1.82, 2.24) is 10.2 Å². The third-order valence-electron chi connectivity index (χ3n) is 5.60. The lowest BCUT2D eigenvalue weighted by Crippen LogP contribution is -2.35. The average Bonchev–Trinajstić information content (AvgIpc) is 2.81. The van der Waals surface area contributed by atoms with Crippen LogP contribution in [0.25, 0.3) is 10.8 Å². The summed E-state index contributed by atoms with van der Waals surface area (Å²) < 4.78 is 0. The number of likely N-dealkylation sites (N-methyl/N-ethyl adjacent to an activating group) is 1. The number of amides is 2. The Hall–Kier alpha value is -3.38. The molecule has 2 amide bonds. The Bertz CT molecular complexity index is 1090. The predicted octanol–water partition coefficient (Wildman–Crippen LogP) is 4.23. The molecule has 3 aromatic rings. The van der Waals surface area contributed by atoms with Crippen LogP contribution in [0.2, 0.25) is 0 Å². The van der Waals surface area contributed by atoms with E-state index in [1.54, 1.807) is 6.07 Å². The Morgan fingerprint density at radius 3 is 2.25 bits per heavy atom. The number of nitrogens with zero attached hydrogens (tertiary/aromatic N) is 2. The van der Waals surface area contributed by atoms with Gasteiger partial charge in [0.1, 0.15) is 0 Å². The molecule has 0 heterocycles. The fraction of sp³-hybridized carbons (Fsp3) is 0.308. The van der Waals surface area contributed by atoms with E-state index in [2.05, 4.69) is 29.4 Å². The zero-order chi connectivity index (χ0) is 23.1. The van der Waals surface area contributed by atoms with E-state index in [4.69, 9.17) is 0 Å². The zero-order valence-corrected chi connectivity index (χ0v) is 19.3. The number of carbonyl (C=O) groups excluding carboxylic acids is 2. The van der Waals surface area contributed by atoms with Gasteiger partial charge in [0.05, 0.1) is 5.56 Å². The minimum atomic E-state index is -0.207. The molecule has 6 nitrogen and oxygen atoms in total. The molecule has 3 aromatic carbocycles. The number of fused-ring (bicyclic) bond motifs is 1. The number of nitrogens with one attached hydrogen (secondary N) is 2. The van der Waals surface area contributed by atoms with E-state index in [-0.39, 0.29) is 11.8 Å². The lowest BCUT2D eigenvalue weighted by Gasteiger charge is -2.20. The highest BCUT2D eigenvalue weighted by atomic mass is 16.2. The summed E-state index contributed by atoms with van der Waals surface area (Å²) in [6.45, 7) is 7.49. The summed E-state index contributed by atoms with van der Waals surface area (Å²) >= 11 is 0. The maximum absolute atomic E-state index is 12.9. The van der Waals surface area contributed by atoms with Gasteiger partial charge in [0.2, 0.25) is 0 Å². The van der Waals surface area contributed by atoms with Crippen molar-refractivity contribution in [1.29, 1.82) is 0 Å². The van der Waals surface area contributed by atoms with E-state index in [1.165, 1.54) is 0 Å². The second kappa shape index (κ2) is 10.8. The highest BCUT2D eigenvalue weighted by molar-refractivity contribution is 6.08. The quantitative estimate of drug-likeness (QED) is 0.531. The first-order valence-electron chi connectivity index (χ1n) is 11.0. The van der Waals surface area contributed by atoms with Gasteiger partial charge in [-0.1, -0.05) is 44.2 Å². The average molecular weight is 433 g/mol. The van der Waals surface area contributed by atoms with Gasteiger partial charge in [-0.05, 0) is 54.2 Å². The third kappa shape index (κ3) is 5.65. The summed E-state index contributed by atoms with van der Waals surface area (Å²) in [6, 6.07) is 19.0. The molecule has 0 unspecified atom stereocenters. The lowest BCUT2D eigenvalue weighted by molar-refractivity contribution is 0.0948. The van der Waals surface area contributed by atoms with Crippen LogP contribution in [0.5, 0.6) is 0 Å². The van der Waals surface area contributed by atoms with Crippen molar-refractivity contribution in [2.45, 2.75) is 13.8 Å². The van der Waals surface area contributed by atoms with Gasteiger partial charge < -0.3 is 20.4 Å². The van der Waals surface area contributed by atoms with Crippen LogP contribution in [0, 0.1) is 0 Å². The van der Waals surface area contributed by atoms with Crippen LogP contribution in [0.3, 0.4) is 0 Å². The molecule has 0 aromatic heterocycles. The van der Waals surface area contributed by atoms with Gasteiger partial charge in [-0.25, -0.2) is 0 Å². The van der Waals surface area contributed by atoms with Gasteiger partial charge in [-0.2, -0.15) is 0 Å². The maximum Gasteiger partial charge on any atom is 0.255 e. The van der Waals surface area contributed by atoms with Crippen molar-refractivity contribution in [3.63, 3.8) is 0 Å². The first kappa shape index (κ1) is 23.3. The van der Waals surface area contributed by atoms with Crippen LogP contribution in [-0.4, -0.2) is 57.0 Å². The Morgan fingerprint density at radius 1 is 0.844 bits per heavy atom. The van der Waals surface area contributed by atoms with Gasteiger partial charge in [0.15, 0.2) is 0 Å². The van der Waals surface area contributed by atoms with E-state index in [0.29, 0.717) is 23.4 Å². The van der Waals surface area contributed by atoms with Crippen molar-refractivity contribution in [3.05, 3.63) is 71.8 Å². The van der Waals surface area contributed by atoms with Gasteiger partial charge in [-0.3, -0.25) is 9.59 Å². The SMILES string of the molecule is CCN(CC)CCNC(=O)c1cc(NC(=O)c2ccc3ccccc3c2)ccc1N(C)C. The van der Waals surface area contributed by atoms with E-state index in [0.717, 1.165) is 36.1 Å². The Labute approximate surface area is 190 Å². The first-order valence-corrected chi connectivity index (χ1v) is 11.0. The molecule has 0 bridgehead atoms. The normalized spacial score (nSPS) is 10.9. The number of hydrogen-bond donors (Lipinski definition) is 2. The summed E-state index contributed by atoms with van der Waals surface area (Å²) in [4.78, 5) is 29.9. The first-order chi connectivity index (χ1) is 15.4. The Morgan fingerprint density at radius 2 is 1.56 bits per heavy atom. The fourth-order valence-corrected chi connectivity index (χ4v) is 3.68. The maximum atomic E-state index is 12.9. The summed E-state index contributed by atoms with van der Waals surface area (Å²) in [5.41, 5.74) is 2.49. The van der Waals surface area contributed by atoms with Gasteiger partial charge in [0.25, 0.3) is 11.8 Å². The molecule has 0 atom stereocenters. The molecule has 0 aliphatic rings. The molecule has 0 aliphatic heterocycles. The summed E-state index contributed by atoms with van der Waals surface area (Å²) in [5, 5.41) is 8.03. The van der Waals surface area contributed by atoms with Crippen LogP contribution in [0.4, 0.5) is 11.4 Å². The molecule has 168 valence electrons. The minimum absolute atomic E-state index is 0.150. The lowest BCUT2D eigenvalue weighted by atomic mass is 10.1. The highest BCUT2D eigenvalue weighted by Gasteiger charge is 2.15. The summed E-state index contributed by atoms with van der Waals surface area (Å²) in [6.07, 6.45) is 0. The topological polar surface area (TPSA) is 64.7 Å². The monoisotopic (exact) mass is 432 g/mol. The van der Waals surface area contributed by atoms with Crippen molar-refractivity contribution in [3.8, 4) is 0 Å². The van der Waals surface area contributed by atoms with Crippen LogP contribution >= 0.6 is 0 Å². The molecule has 6 heteroatoms. The molecule has 0 saturated carbocycles. The molecule has 0 fully saturated rings. The van der Waals surface area contributed by atoms with Crippen LogP contribution < -0.4 is 15.5 Å². The van der Waals surface area contributed by atoms with Gasteiger partial charge in [-0.15, -0.1) is 0 Å². The van der Waals surface area contributed by atoms with Crippen molar-refractivity contribution in [2.75, 3.05) is 50.5 Å². The molecule has 0 aliphatic carbocycles. The number of benzene rings is 3. The largest absolute Gasteiger partial charge is 0.377 e. The second-order valence-electron chi connectivity index (χ2n) is 7.93. The Kier molecular flexibility index (Phi) is 7.84. The molecule has 0 radical (unpaired) electrons. The molecular weight excluding hydrogens is 400 g/mol. The van der Waals surface area contributed by atoms with Crippen molar-refractivity contribution in [2.24, 2.45) is 0 Å². The number of rotatable bonds is 9. The van der Waals surface area contributed by atoms with Crippen molar-refractivity contribution < 1.29 is 9.59 Å². The highest BCUT2D eigenvalue weighted by Crippen LogP contribution is 2.24. The van der Waals surface area contributed by atoms with Crippen LogP contribution in [0.15, 0.2) is 60.7 Å². The summed E-state index contributed by atoms with van der Waals surface area (Å²) in [7, 11) is 3.80. The van der Waals surface area contributed by atoms with E-state index >= 15 is 0 Å². The van der Waals surface area contributed by atoms with Crippen molar-refractivity contribution >= 4 is 34.0 Å². The fourth-order valence-electron chi connectivity index (χ4n) is 3.68. The molecule has 0 spiro atoms. The molecule has 0 saturated heterocycles. The molecule has 32 heavy (non-hydrogen) atoms.